The summed E-state index contributed by atoms with van der Waals surface area (Å²) in [6.07, 6.45) is 1.63. The SMILES string of the molecule is CCCC(=O)OCN1C(=O)CN(C(C)C(C)N2CC(=O)N(COC(=O)CCC)C(=O)C2)CC1=O. The van der Waals surface area contributed by atoms with E-state index in [-0.39, 0.29) is 51.1 Å². The molecule has 2 heterocycles. The molecule has 4 amide bonds. The number of carbonyl (C=O) groups excluding carboxylic acids is 6. The smallest absolute Gasteiger partial charge is 0.307 e. The lowest BCUT2D eigenvalue weighted by molar-refractivity contribution is -0.169. The molecule has 12 nitrogen and oxygen atoms in total. The van der Waals surface area contributed by atoms with E-state index in [0.29, 0.717) is 12.8 Å². The van der Waals surface area contributed by atoms with Gasteiger partial charge in [-0.05, 0) is 26.7 Å². The van der Waals surface area contributed by atoms with Gasteiger partial charge in [-0.15, -0.1) is 0 Å². The lowest BCUT2D eigenvalue weighted by Gasteiger charge is -2.43. The minimum absolute atomic E-state index is 0.0577. The summed E-state index contributed by atoms with van der Waals surface area (Å²) in [6.45, 7) is 6.24. The highest BCUT2D eigenvalue weighted by Crippen LogP contribution is 2.18. The van der Waals surface area contributed by atoms with Crippen LogP contribution in [0, 0.1) is 0 Å². The van der Waals surface area contributed by atoms with E-state index >= 15 is 0 Å². The Morgan fingerprint density at radius 1 is 0.676 bits per heavy atom. The second-order valence-electron chi connectivity index (χ2n) is 8.51. The molecule has 0 bridgehead atoms. The van der Waals surface area contributed by atoms with Gasteiger partial charge in [0.15, 0.2) is 13.5 Å². The molecule has 0 aromatic heterocycles. The fourth-order valence-electron chi connectivity index (χ4n) is 3.73. The molecule has 0 saturated carbocycles. The Balaban J connectivity index is 1.91. The molecule has 190 valence electrons. The lowest BCUT2D eigenvalue weighted by atomic mass is 10.1. The maximum atomic E-state index is 12.5. The van der Waals surface area contributed by atoms with E-state index < -0.39 is 49.0 Å². The quantitative estimate of drug-likeness (QED) is 0.286. The van der Waals surface area contributed by atoms with E-state index in [2.05, 4.69) is 0 Å². The molecule has 0 aliphatic carbocycles. The third-order valence-electron chi connectivity index (χ3n) is 6.03. The largest absolute Gasteiger partial charge is 0.444 e. The maximum absolute atomic E-state index is 12.5. The average Bonchev–Trinajstić information content (AvgIpc) is 2.77. The van der Waals surface area contributed by atoms with Crippen LogP contribution < -0.4 is 0 Å². The van der Waals surface area contributed by atoms with E-state index in [0.717, 1.165) is 9.80 Å². The number of carbonyl (C=O) groups is 6. The van der Waals surface area contributed by atoms with Crippen molar-refractivity contribution in [3.8, 4) is 0 Å². The molecule has 2 saturated heterocycles. The van der Waals surface area contributed by atoms with Gasteiger partial charge in [-0.2, -0.15) is 0 Å². The molecule has 0 N–H and O–H groups in total. The van der Waals surface area contributed by atoms with E-state index in [1.807, 2.05) is 27.7 Å². The predicted octanol–water partition coefficient (Wildman–Crippen LogP) is -0.293. The molecule has 34 heavy (non-hydrogen) atoms. The molecule has 0 spiro atoms. The number of amides is 4. The Kier molecular flexibility index (Phi) is 10.1. The molecule has 2 rings (SSSR count). The van der Waals surface area contributed by atoms with Crippen molar-refractivity contribution in [3.63, 3.8) is 0 Å². The molecule has 12 heteroatoms. The normalized spacial score (nSPS) is 19.9. The van der Waals surface area contributed by atoms with Crippen LogP contribution in [0.3, 0.4) is 0 Å². The van der Waals surface area contributed by atoms with Crippen molar-refractivity contribution in [1.82, 2.24) is 19.6 Å². The molecular weight excluding hydrogens is 448 g/mol. The second-order valence-corrected chi connectivity index (χ2v) is 8.51. The zero-order chi connectivity index (χ0) is 25.4. The van der Waals surface area contributed by atoms with Gasteiger partial charge in [0, 0.05) is 24.9 Å². The monoisotopic (exact) mass is 482 g/mol. The molecule has 2 fully saturated rings. The van der Waals surface area contributed by atoms with Crippen LogP contribution in [0.15, 0.2) is 0 Å². The first-order valence-corrected chi connectivity index (χ1v) is 11.5. The van der Waals surface area contributed by atoms with Crippen molar-refractivity contribution >= 4 is 35.6 Å². The van der Waals surface area contributed by atoms with Crippen LogP contribution in [0.1, 0.15) is 53.4 Å². The van der Waals surface area contributed by atoms with Crippen LogP contribution in [0.4, 0.5) is 0 Å². The van der Waals surface area contributed by atoms with Crippen LogP contribution in [0.5, 0.6) is 0 Å². The third kappa shape index (κ3) is 7.07. The predicted molar refractivity (Wildman–Crippen MR) is 118 cm³/mol. The number of ether oxygens (including phenoxy) is 2. The summed E-state index contributed by atoms with van der Waals surface area (Å²) < 4.78 is 9.98. The zero-order valence-corrected chi connectivity index (χ0v) is 20.3. The minimum atomic E-state index is -0.481. The summed E-state index contributed by atoms with van der Waals surface area (Å²) in [4.78, 5) is 78.3. The topological polar surface area (TPSA) is 134 Å². The van der Waals surface area contributed by atoms with E-state index in [4.69, 9.17) is 9.47 Å². The molecule has 0 radical (unpaired) electrons. The molecule has 2 unspecified atom stereocenters. The van der Waals surface area contributed by atoms with Crippen LogP contribution in [0.2, 0.25) is 0 Å². The van der Waals surface area contributed by atoms with Crippen LogP contribution in [-0.2, 0) is 38.2 Å². The van der Waals surface area contributed by atoms with Gasteiger partial charge in [0.1, 0.15) is 0 Å². The van der Waals surface area contributed by atoms with Crippen molar-refractivity contribution < 1.29 is 38.2 Å². The average molecular weight is 483 g/mol. The number of nitrogens with zero attached hydrogens (tertiary/aromatic N) is 4. The first kappa shape index (κ1) is 27.4. The fraction of sp³-hybridized carbons (Fsp3) is 0.727. The Morgan fingerprint density at radius 2 is 0.971 bits per heavy atom. The third-order valence-corrected chi connectivity index (χ3v) is 6.03. The fourth-order valence-corrected chi connectivity index (χ4v) is 3.73. The van der Waals surface area contributed by atoms with Gasteiger partial charge >= 0.3 is 11.9 Å². The Morgan fingerprint density at radius 3 is 1.24 bits per heavy atom. The molecule has 2 aliphatic rings. The maximum Gasteiger partial charge on any atom is 0.307 e. The van der Waals surface area contributed by atoms with Crippen LogP contribution >= 0.6 is 0 Å². The first-order valence-electron chi connectivity index (χ1n) is 11.5. The van der Waals surface area contributed by atoms with Gasteiger partial charge < -0.3 is 9.47 Å². The summed E-state index contributed by atoms with van der Waals surface area (Å²) in [5.41, 5.74) is 0. The minimum Gasteiger partial charge on any atom is -0.444 e. The van der Waals surface area contributed by atoms with Crippen molar-refractivity contribution in [3.05, 3.63) is 0 Å². The highest BCUT2D eigenvalue weighted by atomic mass is 16.6. The molecule has 2 atom stereocenters. The number of piperazine rings is 2. The Bertz CT molecular complexity index is 715. The van der Waals surface area contributed by atoms with Gasteiger partial charge in [-0.3, -0.25) is 38.6 Å². The first-order chi connectivity index (χ1) is 16.1. The standard InChI is InChI=1S/C22H34N4O8/c1-5-7-21(31)33-13-25-17(27)9-23(10-18(25)28)15(3)16(4)24-11-19(29)26(20(30)12-24)14-34-22(32)8-6-2/h15-16H,5-14H2,1-4H3. The number of imide groups is 2. The number of hydrogen-bond acceptors (Lipinski definition) is 10. The molecule has 0 aromatic rings. The number of esters is 2. The molecule has 2 aliphatic heterocycles. The van der Waals surface area contributed by atoms with E-state index in [1.165, 1.54) is 0 Å². The summed E-state index contributed by atoms with van der Waals surface area (Å²) in [5, 5.41) is 0. The lowest BCUT2D eigenvalue weighted by Crippen LogP contribution is -2.63. The van der Waals surface area contributed by atoms with E-state index in [9.17, 15) is 28.8 Å². The summed E-state index contributed by atoms with van der Waals surface area (Å²) >= 11 is 0. The van der Waals surface area contributed by atoms with Gasteiger partial charge in [0.05, 0.1) is 26.2 Å². The number of rotatable bonds is 11. The summed E-state index contributed by atoms with van der Waals surface area (Å²) in [7, 11) is 0. The van der Waals surface area contributed by atoms with Gasteiger partial charge in [-0.1, -0.05) is 13.8 Å². The van der Waals surface area contributed by atoms with Crippen molar-refractivity contribution in [2.45, 2.75) is 65.5 Å². The number of hydrogen-bond donors (Lipinski definition) is 0. The zero-order valence-electron chi connectivity index (χ0n) is 20.3. The van der Waals surface area contributed by atoms with Crippen LogP contribution in [0.25, 0.3) is 0 Å². The van der Waals surface area contributed by atoms with Gasteiger partial charge in [0.2, 0.25) is 23.6 Å². The Hall–Kier alpha value is -2.86. The summed E-state index contributed by atoms with van der Waals surface area (Å²) in [6, 6.07) is -0.653. The second kappa shape index (κ2) is 12.6. The van der Waals surface area contributed by atoms with Crippen molar-refractivity contribution in [2.75, 3.05) is 39.6 Å². The summed E-state index contributed by atoms with van der Waals surface area (Å²) in [5.74, 6) is -2.87. The molecular formula is C22H34N4O8. The Labute approximate surface area is 199 Å². The van der Waals surface area contributed by atoms with Crippen molar-refractivity contribution in [2.24, 2.45) is 0 Å². The molecule has 0 aromatic carbocycles. The highest BCUT2D eigenvalue weighted by Gasteiger charge is 2.39. The van der Waals surface area contributed by atoms with Crippen LogP contribution in [-0.4, -0.2) is 107 Å². The van der Waals surface area contributed by atoms with E-state index in [1.54, 1.807) is 9.80 Å². The van der Waals surface area contributed by atoms with Gasteiger partial charge in [0.25, 0.3) is 0 Å². The van der Waals surface area contributed by atoms with Crippen molar-refractivity contribution in [1.29, 1.82) is 0 Å². The highest BCUT2D eigenvalue weighted by molar-refractivity contribution is 6.00. The van der Waals surface area contributed by atoms with Gasteiger partial charge in [-0.25, -0.2) is 9.80 Å².